The molecule has 0 aromatic heterocycles. The second-order valence-corrected chi connectivity index (χ2v) is 4.35. The molecule has 1 unspecified atom stereocenters. The van der Waals surface area contributed by atoms with E-state index in [-0.39, 0.29) is 5.91 Å². The van der Waals surface area contributed by atoms with Gasteiger partial charge in [-0.3, -0.25) is 4.79 Å². The molecule has 3 nitrogen and oxygen atoms in total. The lowest BCUT2D eigenvalue weighted by Crippen LogP contribution is -2.53. The van der Waals surface area contributed by atoms with Gasteiger partial charge in [-0.2, -0.15) is 0 Å². The minimum absolute atomic E-state index is 0.210. The van der Waals surface area contributed by atoms with Crippen molar-refractivity contribution in [1.82, 2.24) is 0 Å². The molecular weight excluding hydrogens is 305 g/mol. The molecule has 0 saturated carbocycles. The number of ether oxygens (including phenoxy) is 1. The van der Waals surface area contributed by atoms with Crippen molar-refractivity contribution in [3.63, 3.8) is 0 Å². The monoisotopic (exact) mass is 317 g/mol. The highest BCUT2D eigenvalue weighted by atomic mass is 127. The third kappa shape index (κ3) is 1.95. The normalized spacial score (nSPS) is 20.0. The van der Waals surface area contributed by atoms with Crippen molar-refractivity contribution in [3.8, 4) is 5.75 Å². The smallest absolute Gasteiger partial charge is 0.229 e. The molecule has 4 heteroatoms. The van der Waals surface area contributed by atoms with Crippen LogP contribution in [0, 0.1) is 0 Å². The standard InChI is InChI=1S/C11H12INO2/c1-15-10-4-2-8(3-5-10)13-9(7-12)6-11(13)14/h2-5,9H,6-7H2,1H3. The zero-order valence-corrected chi connectivity index (χ0v) is 10.6. The number of hydrogen-bond acceptors (Lipinski definition) is 2. The number of methoxy groups -OCH3 is 1. The van der Waals surface area contributed by atoms with E-state index < -0.39 is 0 Å². The van der Waals surface area contributed by atoms with Crippen molar-refractivity contribution in [3.05, 3.63) is 24.3 Å². The van der Waals surface area contributed by atoms with E-state index in [1.165, 1.54) is 0 Å². The predicted octanol–water partition coefficient (Wildman–Crippen LogP) is 2.24. The number of halogens is 1. The van der Waals surface area contributed by atoms with Crippen LogP contribution in [0.5, 0.6) is 5.75 Å². The Labute approximate surface area is 103 Å². The summed E-state index contributed by atoms with van der Waals surface area (Å²) in [6, 6.07) is 7.98. The third-order valence-electron chi connectivity index (χ3n) is 2.57. The van der Waals surface area contributed by atoms with Gasteiger partial charge in [0.25, 0.3) is 0 Å². The molecule has 1 aliphatic rings. The molecule has 80 valence electrons. The highest BCUT2D eigenvalue weighted by Crippen LogP contribution is 2.30. The van der Waals surface area contributed by atoms with Crippen LogP contribution in [0.25, 0.3) is 0 Å². The van der Waals surface area contributed by atoms with E-state index in [0.717, 1.165) is 15.9 Å². The summed E-state index contributed by atoms with van der Waals surface area (Å²) in [7, 11) is 1.64. The summed E-state index contributed by atoms with van der Waals surface area (Å²) in [5.41, 5.74) is 0.966. The highest BCUT2D eigenvalue weighted by Gasteiger charge is 2.35. The predicted molar refractivity (Wildman–Crippen MR) is 67.8 cm³/mol. The molecule has 1 aromatic rings. The molecule has 1 atom stereocenters. The first-order chi connectivity index (χ1) is 7.26. The number of benzene rings is 1. The van der Waals surface area contributed by atoms with Gasteiger partial charge < -0.3 is 9.64 Å². The lowest BCUT2D eigenvalue weighted by Gasteiger charge is -2.39. The summed E-state index contributed by atoms with van der Waals surface area (Å²) in [6.45, 7) is 0. The topological polar surface area (TPSA) is 29.5 Å². The number of anilines is 1. The average molecular weight is 317 g/mol. The summed E-state index contributed by atoms with van der Waals surface area (Å²) >= 11 is 2.31. The van der Waals surface area contributed by atoms with Crippen LogP contribution < -0.4 is 9.64 Å². The lowest BCUT2D eigenvalue weighted by molar-refractivity contribution is -0.123. The van der Waals surface area contributed by atoms with Gasteiger partial charge in [-0.15, -0.1) is 0 Å². The molecule has 0 N–H and O–H groups in total. The van der Waals surface area contributed by atoms with Crippen LogP contribution in [0.15, 0.2) is 24.3 Å². The fourth-order valence-corrected chi connectivity index (χ4v) is 2.41. The Balaban J connectivity index is 2.18. The first-order valence-electron chi connectivity index (χ1n) is 4.78. The van der Waals surface area contributed by atoms with Crippen LogP contribution in [-0.4, -0.2) is 23.5 Å². The largest absolute Gasteiger partial charge is 0.497 e. The Hall–Kier alpha value is -0.780. The van der Waals surface area contributed by atoms with Crippen LogP contribution in [0.4, 0.5) is 5.69 Å². The zero-order valence-electron chi connectivity index (χ0n) is 8.44. The number of carbonyl (C=O) groups is 1. The van der Waals surface area contributed by atoms with Crippen molar-refractivity contribution in [2.24, 2.45) is 0 Å². The van der Waals surface area contributed by atoms with Gasteiger partial charge >= 0.3 is 0 Å². The quantitative estimate of drug-likeness (QED) is 0.486. The van der Waals surface area contributed by atoms with Gasteiger partial charge in [0.15, 0.2) is 0 Å². The second-order valence-electron chi connectivity index (χ2n) is 3.47. The average Bonchev–Trinajstić information content (AvgIpc) is 2.26. The molecule has 1 fully saturated rings. The molecule has 1 saturated heterocycles. The van der Waals surface area contributed by atoms with Gasteiger partial charge in [-0.1, -0.05) is 22.6 Å². The number of rotatable bonds is 3. The molecule has 1 heterocycles. The minimum atomic E-state index is 0.210. The minimum Gasteiger partial charge on any atom is -0.497 e. The molecule has 1 aliphatic heterocycles. The first-order valence-corrected chi connectivity index (χ1v) is 6.31. The van der Waals surface area contributed by atoms with Crippen LogP contribution in [0.2, 0.25) is 0 Å². The second kappa shape index (κ2) is 4.38. The molecule has 0 radical (unpaired) electrons. The van der Waals surface area contributed by atoms with Gasteiger partial charge in [0.1, 0.15) is 5.75 Å². The Morgan fingerprint density at radius 2 is 2.13 bits per heavy atom. The molecule has 1 amide bonds. The maximum Gasteiger partial charge on any atom is 0.229 e. The molecule has 15 heavy (non-hydrogen) atoms. The van der Waals surface area contributed by atoms with Crippen LogP contribution in [0.1, 0.15) is 6.42 Å². The molecule has 2 rings (SSSR count). The lowest BCUT2D eigenvalue weighted by atomic mass is 10.0. The molecular formula is C11H12INO2. The van der Waals surface area contributed by atoms with Crippen molar-refractivity contribution in [2.75, 3.05) is 16.4 Å². The van der Waals surface area contributed by atoms with Crippen LogP contribution in [0.3, 0.4) is 0 Å². The number of β-lactam (4-membered cyclic amide) rings is 1. The van der Waals surface area contributed by atoms with Gasteiger partial charge in [-0.25, -0.2) is 0 Å². The molecule has 1 aromatic carbocycles. The Morgan fingerprint density at radius 1 is 1.47 bits per heavy atom. The van der Waals surface area contributed by atoms with Crippen LogP contribution in [-0.2, 0) is 4.79 Å². The number of nitrogens with zero attached hydrogens (tertiary/aromatic N) is 1. The zero-order chi connectivity index (χ0) is 10.8. The first kappa shape index (κ1) is 10.7. The van der Waals surface area contributed by atoms with E-state index in [9.17, 15) is 4.79 Å². The SMILES string of the molecule is COc1ccc(N2C(=O)CC2CI)cc1. The molecule has 0 bridgehead atoms. The van der Waals surface area contributed by atoms with E-state index in [4.69, 9.17) is 4.74 Å². The Bertz CT molecular complexity index is 363. The van der Waals surface area contributed by atoms with Gasteiger partial charge in [0, 0.05) is 16.5 Å². The number of alkyl halides is 1. The van der Waals surface area contributed by atoms with Crippen molar-refractivity contribution in [2.45, 2.75) is 12.5 Å². The summed E-state index contributed by atoms with van der Waals surface area (Å²) in [5.74, 6) is 1.03. The van der Waals surface area contributed by atoms with E-state index in [1.807, 2.05) is 29.2 Å². The van der Waals surface area contributed by atoms with Gasteiger partial charge in [-0.05, 0) is 24.3 Å². The summed E-state index contributed by atoms with van der Waals surface area (Å²) in [5, 5.41) is 0. The third-order valence-corrected chi connectivity index (χ3v) is 3.59. The fraction of sp³-hybridized carbons (Fsp3) is 0.364. The van der Waals surface area contributed by atoms with E-state index in [0.29, 0.717) is 12.5 Å². The van der Waals surface area contributed by atoms with Crippen molar-refractivity contribution < 1.29 is 9.53 Å². The van der Waals surface area contributed by atoms with Crippen molar-refractivity contribution >= 4 is 34.2 Å². The number of carbonyl (C=O) groups excluding carboxylic acids is 1. The summed E-state index contributed by atoms with van der Waals surface area (Å²) in [6.07, 6.45) is 0.676. The maximum absolute atomic E-state index is 11.4. The van der Waals surface area contributed by atoms with E-state index >= 15 is 0 Å². The van der Waals surface area contributed by atoms with Gasteiger partial charge in [0.2, 0.25) is 5.91 Å². The van der Waals surface area contributed by atoms with E-state index in [2.05, 4.69) is 22.6 Å². The van der Waals surface area contributed by atoms with Crippen molar-refractivity contribution in [1.29, 1.82) is 0 Å². The fourth-order valence-electron chi connectivity index (χ4n) is 1.70. The van der Waals surface area contributed by atoms with E-state index in [1.54, 1.807) is 7.11 Å². The highest BCUT2D eigenvalue weighted by molar-refractivity contribution is 14.1. The number of hydrogen-bond donors (Lipinski definition) is 0. The summed E-state index contributed by atoms with van der Waals surface area (Å²) in [4.78, 5) is 13.3. The molecule has 0 aliphatic carbocycles. The Kier molecular flexibility index (Phi) is 3.14. The van der Waals surface area contributed by atoms with Crippen LogP contribution >= 0.6 is 22.6 Å². The number of amides is 1. The molecule has 0 spiro atoms. The Morgan fingerprint density at radius 3 is 2.60 bits per heavy atom. The summed E-state index contributed by atoms with van der Waals surface area (Å²) < 4.78 is 6.06. The van der Waals surface area contributed by atoms with Gasteiger partial charge in [0.05, 0.1) is 13.2 Å². The maximum atomic E-state index is 11.4.